The van der Waals surface area contributed by atoms with E-state index in [1.54, 1.807) is 12.1 Å². The van der Waals surface area contributed by atoms with E-state index in [1.165, 1.54) is 30.0 Å². The average Bonchev–Trinajstić information content (AvgIpc) is 2.92. The molecular formula is C29H38N2O7S. The lowest BCUT2D eigenvalue weighted by atomic mass is 9.73. The maximum absolute atomic E-state index is 13.2. The van der Waals surface area contributed by atoms with E-state index < -0.39 is 16.3 Å². The second-order valence-electron chi connectivity index (χ2n) is 9.83. The number of benzene rings is 2. The largest absolute Gasteiger partial charge is 0.497 e. The van der Waals surface area contributed by atoms with Crippen molar-refractivity contribution in [2.24, 2.45) is 11.8 Å². The number of hydrogen-bond donors (Lipinski definition) is 2. The molecule has 2 atom stereocenters. The number of hydrogen-bond acceptors (Lipinski definition) is 7. The average molecular weight is 559 g/mol. The number of amides is 1. The quantitative estimate of drug-likeness (QED) is 0.366. The summed E-state index contributed by atoms with van der Waals surface area (Å²) in [7, 11) is -2.34. The van der Waals surface area contributed by atoms with Crippen molar-refractivity contribution >= 4 is 15.9 Å². The van der Waals surface area contributed by atoms with Gasteiger partial charge in [0.15, 0.2) is 5.76 Å². The molecule has 0 unspecified atom stereocenters. The molecule has 0 aromatic heterocycles. The van der Waals surface area contributed by atoms with Gasteiger partial charge >= 0.3 is 0 Å². The van der Waals surface area contributed by atoms with E-state index in [-0.39, 0.29) is 48.8 Å². The van der Waals surface area contributed by atoms with Gasteiger partial charge in [0.05, 0.1) is 25.2 Å². The molecule has 2 aromatic rings. The van der Waals surface area contributed by atoms with Gasteiger partial charge in [0.2, 0.25) is 16.3 Å². The zero-order chi connectivity index (χ0) is 27.7. The van der Waals surface area contributed by atoms with Crippen LogP contribution in [0.25, 0.3) is 0 Å². The third-order valence-electron chi connectivity index (χ3n) is 7.30. The molecule has 1 fully saturated rings. The van der Waals surface area contributed by atoms with Crippen molar-refractivity contribution in [3.05, 3.63) is 72.0 Å². The summed E-state index contributed by atoms with van der Waals surface area (Å²) in [5.74, 6) is 1.20. The molecule has 1 amide bonds. The molecule has 0 radical (unpaired) electrons. The number of rotatable bonds is 14. The fraction of sp³-hybridized carbons (Fsp3) is 0.483. The Morgan fingerprint density at radius 1 is 1.10 bits per heavy atom. The van der Waals surface area contributed by atoms with Gasteiger partial charge in [-0.25, -0.2) is 8.42 Å². The summed E-state index contributed by atoms with van der Waals surface area (Å²) in [5.41, 5.74) is 1.14. The van der Waals surface area contributed by atoms with Crippen molar-refractivity contribution in [3.8, 4) is 5.75 Å². The highest BCUT2D eigenvalue weighted by Crippen LogP contribution is 2.39. The van der Waals surface area contributed by atoms with E-state index >= 15 is 0 Å². The first-order valence-corrected chi connectivity index (χ1v) is 14.9. The Bertz CT molecular complexity index is 1200. The van der Waals surface area contributed by atoms with Crippen LogP contribution in [0.15, 0.2) is 71.3 Å². The topological polar surface area (TPSA) is 114 Å². The molecule has 2 aromatic carbocycles. The summed E-state index contributed by atoms with van der Waals surface area (Å²) in [5, 5.41) is 12.4. The van der Waals surface area contributed by atoms with Crippen LogP contribution < -0.4 is 10.1 Å². The summed E-state index contributed by atoms with van der Waals surface area (Å²) in [6, 6.07) is 16.0. The fourth-order valence-corrected chi connectivity index (χ4v) is 6.26. The van der Waals surface area contributed by atoms with Crippen LogP contribution in [0.4, 0.5) is 0 Å². The maximum Gasteiger partial charge on any atom is 0.286 e. The summed E-state index contributed by atoms with van der Waals surface area (Å²) < 4.78 is 44.5. The lowest BCUT2D eigenvalue weighted by Gasteiger charge is -2.37. The monoisotopic (exact) mass is 558 g/mol. The van der Waals surface area contributed by atoms with Crippen LogP contribution in [0, 0.1) is 11.8 Å². The number of methoxy groups -OCH3 is 1. The van der Waals surface area contributed by atoms with Gasteiger partial charge in [0.25, 0.3) is 5.91 Å². The molecule has 2 N–H and O–H groups in total. The molecule has 4 rings (SSSR count). The highest BCUT2D eigenvalue weighted by Gasteiger charge is 2.35. The smallest absolute Gasteiger partial charge is 0.286 e. The standard InChI is InChI=1S/C29H38N2O7S/c1-36-25-10-12-26(13-11-25)39(34,35)31(16-18-32)17-19-37-28-21-24(23-8-5-9-23)20-27(38-28)29(33)30-15-14-22-6-3-2-4-7-22/h2-4,6-7,10-13,20,23-24,28,32H,5,8-9,14-19,21H2,1H3,(H,30,33)/t24-,28+/m0/s1. The molecule has 2 aliphatic rings. The van der Waals surface area contributed by atoms with Crippen LogP contribution in [-0.2, 0) is 30.7 Å². The van der Waals surface area contributed by atoms with Crippen molar-refractivity contribution in [1.29, 1.82) is 0 Å². The SMILES string of the molecule is COc1ccc(S(=O)(=O)N(CCO)CCO[C@H]2C[C@@H](C3CCC3)C=C(C(=O)NCCc3ccccc3)O2)cc1. The van der Waals surface area contributed by atoms with Gasteiger partial charge < -0.3 is 24.6 Å². The van der Waals surface area contributed by atoms with Crippen LogP contribution in [0.5, 0.6) is 5.75 Å². The Hall–Kier alpha value is -2.92. The second kappa shape index (κ2) is 13.9. The first-order valence-electron chi connectivity index (χ1n) is 13.5. The van der Waals surface area contributed by atoms with Crippen molar-refractivity contribution in [3.63, 3.8) is 0 Å². The Morgan fingerprint density at radius 2 is 1.85 bits per heavy atom. The van der Waals surface area contributed by atoms with Gasteiger partial charge in [-0.2, -0.15) is 4.31 Å². The number of nitrogens with one attached hydrogen (secondary N) is 1. The molecule has 1 aliphatic carbocycles. The number of carbonyl (C=O) groups excluding carboxylic acids is 1. The molecule has 0 bridgehead atoms. The molecule has 1 heterocycles. The van der Waals surface area contributed by atoms with E-state index in [1.807, 2.05) is 36.4 Å². The highest BCUT2D eigenvalue weighted by atomic mass is 32.2. The molecule has 0 saturated heterocycles. The molecule has 1 aliphatic heterocycles. The van der Waals surface area contributed by atoms with Crippen LogP contribution in [0.3, 0.4) is 0 Å². The van der Waals surface area contributed by atoms with Crippen molar-refractivity contribution in [2.75, 3.05) is 40.0 Å². The zero-order valence-corrected chi connectivity index (χ0v) is 23.1. The van der Waals surface area contributed by atoms with E-state index in [4.69, 9.17) is 14.2 Å². The van der Waals surface area contributed by atoms with E-state index in [9.17, 15) is 18.3 Å². The molecule has 10 heteroatoms. The third-order valence-corrected chi connectivity index (χ3v) is 9.21. The Labute approximate surface area is 230 Å². The summed E-state index contributed by atoms with van der Waals surface area (Å²) in [4.78, 5) is 13.0. The number of carbonyl (C=O) groups is 1. The molecule has 9 nitrogen and oxygen atoms in total. The van der Waals surface area contributed by atoms with E-state index in [0.29, 0.717) is 24.6 Å². The first kappa shape index (κ1) is 29.1. The van der Waals surface area contributed by atoms with Crippen molar-refractivity contribution < 1.29 is 32.5 Å². The zero-order valence-electron chi connectivity index (χ0n) is 22.3. The minimum Gasteiger partial charge on any atom is -0.497 e. The second-order valence-corrected chi connectivity index (χ2v) is 11.8. The number of sulfonamides is 1. The van der Waals surface area contributed by atoms with Crippen LogP contribution in [-0.4, -0.2) is 70.0 Å². The maximum atomic E-state index is 13.2. The van der Waals surface area contributed by atoms with Gasteiger partial charge in [-0.15, -0.1) is 0 Å². The Balaban J connectivity index is 1.34. The van der Waals surface area contributed by atoms with Gasteiger partial charge in [0, 0.05) is 26.1 Å². The van der Waals surface area contributed by atoms with Crippen molar-refractivity contribution in [1.82, 2.24) is 9.62 Å². The van der Waals surface area contributed by atoms with Crippen LogP contribution >= 0.6 is 0 Å². The van der Waals surface area contributed by atoms with Crippen LogP contribution in [0.1, 0.15) is 31.2 Å². The predicted molar refractivity (Wildman–Crippen MR) is 146 cm³/mol. The van der Waals surface area contributed by atoms with Gasteiger partial charge in [-0.3, -0.25) is 4.79 Å². The molecule has 0 spiro atoms. The number of aliphatic hydroxyl groups excluding tert-OH is 1. The summed E-state index contributed by atoms with van der Waals surface area (Å²) >= 11 is 0. The first-order chi connectivity index (χ1) is 18.9. The van der Waals surface area contributed by atoms with Gasteiger partial charge in [0.1, 0.15) is 5.75 Å². The van der Waals surface area contributed by atoms with Crippen LogP contribution in [0.2, 0.25) is 0 Å². The number of allylic oxidation sites excluding steroid dienone is 1. The van der Waals surface area contributed by atoms with Gasteiger partial charge in [-0.05, 0) is 67.0 Å². The van der Waals surface area contributed by atoms with Crippen molar-refractivity contribution in [2.45, 2.75) is 43.3 Å². The minimum atomic E-state index is -3.85. The molecular weight excluding hydrogens is 520 g/mol. The lowest BCUT2D eigenvalue weighted by molar-refractivity contribution is -0.152. The van der Waals surface area contributed by atoms with Gasteiger partial charge in [-0.1, -0.05) is 36.8 Å². The number of nitrogens with zero attached hydrogens (tertiary/aromatic N) is 1. The molecule has 212 valence electrons. The lowest BCUT2D eigenvalue weighted by Crippen LogP contribution is -2.39. The van der Waals surface area contributed by atoms with E-state index in [0.717, 1.165) is 24.8 Å². The molecule has 39 heavy (non-hydrogen) atoms. The fourth-order valence-electron chi connectivity index (χ4n) is 4.84. The van der Waals surface area contributed by atoms with E-state index in [2.05, 4.69) is 5.32 Å². The summed E-state index contributed by atoms with van der Waals surface area (Å²) in [6.07, 6.45) is 6.00. The Morgan fingerprint density at radius 3 is 2.49 bits per heavy atom. The number of ether oxygens (including phenoxy) is 3. The Kier molecular flexibility index (Phi) is 10.4. The normalized spacial score (nSPS) is 19.6. The summed E-state index contributed by atoms with van der Waals surface area (Å²) in [6.45, 7) is 0.187. The highest BCUT2D eigenvalue weighted by molar-refractivity contribution is 7.89. The number of aliphatic hydroxyl groups is 1. The molecule has 1 saturated carbocycles. The minimum absolute atomic E-state index is 0.0329. The third kappa shape index (κ3) is 7.82. The predicted octanol–water partition coefficient (Wildman–Crippen LogP) is 3.10.